The highest BCUT2D eigenvalue weighted by atomic mass is 32.1. The minimum absolute atomic E-state index is 0.228. The van der Waals surface area contributed by atoms with Gasteiger partial charge in [-0.05, 0) is 45.3 Å². The smallest absolute Gasteiger partial charge is 0.169 e. The van der Waals surface area contributed by atoms with E-state index in [0.717, 1.165) is 31.2 Å². The van der Waals surface area contributed by atoms with Crippen LogP contribution in [-0.4, -0.2) is 42.4 Å². The Bertz CT molecular complexity index is 219. The Kier molecular flexibility index (Phi) is 4.80. The Morgan fingerprint density at radius 3 is 2.80 bits per heavy atom. The minimum Gasteiger partial charge on any atom is -0.385 e. The van der Waals surface area contributed by atoms with Crippen LogP contribution in [0.1, 0.15) is 33.1 Å². The summed E-state index contributed by atoms with van der Waals surface area (Å²) >= 11 is 5.39. The molecule has 1 N–H and O–H groups in total. The predicted octanol–water partition coefficient (Wildman–Crippen LogP) is 1.77. The summed E-state index contributed by atoms with van der Waals surface area (Å²) in [4.78, 5) is 2.30. The van der Waals surface area contributed by atoms with Crippen molar-refractivity contribution in [2.45, 2.75) is 38.6 Å². The molecule has 0 aromatic carbocycles. The molecule has 15 heavy (non-hydrogen) atoms. The average Bonchev–Trinajstić information content (AvgIpc) is 2.52. The fraction of sp³-hybridized carbons (Fsp3) is 0.909. The van der Waals surface area contributed by atoms with E-state index in [1.807, 2.05) is 0 Å². The summed E-state index contributed by atoms with van der Waals surface area (Å²) in [6.45, 7) is 7.29. The third-order valence-electron chi connectivity index (χ3n) is 2.95. The van der Waals surface area contributed by atoms with Gasteiger partial charge in [-0.25, -0.2) is 0 Å². The summed E-state index contributed by atoms with van der Waals surface area (Å²) in [5.74, 6) is 0. The monoisotopic (exact) mass is 230 g/mol. The molecule has 0 aromatic rings. The van der Waals surface area contributed by atoms with E-state index in [0.29, 0.717) is 0 Å². The Morgan fingerprint density at radius 2 is 2.27 bits per heavy atom. The summed E-state index contributed by atoms with van der Waals surface area (Å²) < 4.78 is 4.99. The minimum atomic E-state index is 0.228. The van der Waals surface area contributed by atoms with E-state index in [1.165, 1.54) is 12.8 Å². The third-order valence-corrected chi connectivity index (χ3v) is 3.31. The van der Waals surface area contributed by atoms with Gasteiger partial charge in [0.05, 0.1) is 0 Å². The van der Waals surface area contributed by atoms with Gasteiger partial charge in [0.25, 0.3) is 0 Å². The number of rotatable bonds is 4. The molecule has 0 aliphatic carbocycles. The number of nitrogens with zero attached hydrogens (tertiary/aromatic N) is 1. The Labute approximate surface area is 98.2 Å². The summed E-state index contributed by atoms with van der Waals surface area (Å²) in [6, 6.07) is 0. The molecule has 1 aliphatic heterocycles. The van der Waals surface area contributed by atoms with Gasteiger partial charge in [-0.1, -0.05) is 0 Å². The van der Waals surface area contributed by atoms with Crippen LogP contribution in [0.5, 0.6) is 0 Å². The third kappa shape index (κ3) is 3.61. The highest BCUT2D eigenvalue weighted by Gasteiger charge is 2.33. The molecule has 0 spiro atoms. The van der Waals surface area contributed by atoms with Gasteiger partial charge < -0.3 is 15.0 Å². The van der Waals surface area contributed by atoms with Crippen LogP contribution >= 0.6 is 12.2 Å². The number of ether oxygens (including phenoxy) is 1. The van der Waals surface area contributed by atoms with Crippen LogP contribution < -0.4 is 5.32 Å². The quantitative estimate of drug-likeness (QED) is 0.588. The first-order chi connectivity index (χ1) is 7.08. The number of hydrogen-bond acceptors (Lipinski definition) is 2. The summed E-state index contributed by atoms with van der Waals surface area (Å²) in [5.41, 5.74) is 0.228. The molecule has 1 saturated heterocycles. The van der Waals surface area contributed by atoms with Crippen LogP contribution in [0.2, 0.25) is 0 Å². The van der Waals surface area contributed by atoms with Crippen molar-refractivity contribution in [2.75, 3.05) is 26.8 Å². The summed E-state index contributed by atoms with van der Waals surface area (Å²) in [5, 5.41) is 4.19. The maximum absolute atomic E-state index is 5.39. The lowest BCUT2D eigenvalue weighted by Gasteiger charge is -2.34. The van der Waals surface area contributed by atoms with Crippen molar-refractivity contribution in [2.24, 2.45) is 0 Å². The fourth-order valence-electron chi connectivity index (χ4n) is 1.99. The molecular weight excluding hydrogens is 208 g/mol. The van der Waals surface area contributed by atoms with Gasteiger partial charge in [0.15, 0.2) is 5.11 Å². The average molecular weight is 230 g/mol. The molecule has 88 valence electrons. The van der Waals surface area contributed by atoms with Crippen LogP contribution in [0.15, 0.2) is 0 Å². The Hall–Kier alpha value is -0.350. The molecule has 1 fully saturated rings. The van der Waals surface area contributed by atoms with Crippen molar-refractivity contribution in [1.82, 2.24) is 10.2 Å². The highest BCUT2D eigenvalue weighted by Crippen LogP contribution is 2.27. The van der Waals surface area contributed by atoms with E-state index in [4.69, 9.17) is 17.0 Å². The second kappa shape index (κ2) is 5.66. The van der Waals surface area contributed by atoms with Gasteiger partial charge in [0.1, 0.15) is 0 Å². The number of likely N-dealkylation sites (tertiary alicyclic amines) is 1. The van der Waals surface area contributed by atoms with E-state index >= 15 is 0 Å². The standard InChI is InChI=1S/C11H22N2OS/c1-11(2)6-4-8-13(11)10(15)12-7-5-9-14-3/h4-9H2,1-3H3,(H,12,15). The van der Waals surface area contributed by atoms with Gasteiger partial charge in [-0.3, -0.25) is 0 Å². The first kappa shape index (κ1) is 12.7. The largest absolute Gasteiger partial charge is 0.385 e. The number of hydrogen-bond donors (Lipinski definition) is 1. The first-order valence-corrected chi connectivity index (χ1v) is 6.03. The zero-order valence-corrected chi connectivity index (χ0v) is 10.8. The topological polar surface area (TPSA) is 24.5 Å². The number of thiocarbonyl (C=S) groups is 1. The molecule has 1 rings (SSSR count). The van der Waals surface area contributed by atoms with Crippen LogP contribution in [-0.2, 0) is 4.74 Å². The SMILES string of the molecule is COCCCNC(=S)N1CCCC1(C)C. The van der Waals surface area contributed by atoms with Crippen LogP contribution in [0, 0.1) is 0 Å². The van der Waals surface area contributed by atoms with E-state index in [9.17, 15) is 0 Å². The van der Waals surface area contributed by atoms with Gasteiger partial charge in [0, 0.05) is 32.3 Å². The van der Waals surface area contributed by atoms with E-state index in [1.54, 1.807) is 7.11 Å². The van der Waals surface area contributed by atoms with Gasteiger partial charge in [-0.2, -0.15) is 0 Å². The molecule has 1 aliphatic rings. The van der Waals surface area contributed by atoms with Crippen molar-refractivity contribution < 1.29 is 4.74 Å². The second-order valence-electron chi connectivity index (χ2n) is 4.65. The molecule has 1 heterocycles. The lowest BCUT2D eigenvalue weighted by atomic mass is 10.0. The predicted molar refractivity (Wildman–Crippen MR) is 67.1 cm³/mol. The molecule has 0 saturated carbocycles. The van der Waals surface area contributed by atoms with Crippen molar-refractivity contribution in [1.29, 1.82) is 0 Å². The zero-order chi connectivity index (χ0) is 11.3. The fourth-order valence-corrected chi connectivity index (χ4v) is 2.43. The van der Waals surface area contributed by atoms with Gasteiger partial charge in [-0.15, -0.1) is 0 Å². The number of nitrogens with one attached hydrogen (secondary N) is 1. The number of methoxy groups -OCH3 is 1. The Morgan fingerprint density at radius 1 is 1.53 bits per heavy atom. The molecule has 0 amide bonds. The zero-order valence-electron chi connectivity index (χ0n) is 10.0. The van der Waals surface area contributed by atoms with E-state index < -0.39 is 0 Å². The summed E-state index contributed by atoms with van der Waals surface area (Å²) in [6.07, 6.45) is 3.48. The van der Waals surface area contributed by atoms with Crippen molar-refractivity contribution in [3.05, 3.63) is 0 Å². The van der Waals surface area contributed by atoms with Gasteiger partial charge in [0.2, 0.25) is 0 Å². The van der Waals surface area contributed by atoms with E-state index in [-0.39, 0.29) is 5.54 Å². The maximum Gasteiger partial charge on any atom is 0.169 e. The molecule has 0 radical (unpaired) electrons. The molecule has 0 unspecified atom stereocenters. The highest BCUT2D eigenvalue weighted by molar-refractivity contribution is 7.80. The van der Waals surface area contributed by atoms with Crippen LogP contribution in [0.4, 0.5) is 0 Å². The molecule has 3 nitrogen and oxygen atoms in total. The van der Waals surface area contributed by atoms with Crippen LogP contribution in [0.3, 0.4) is 0 Å². The first-order valence-electron chi connectivity index (χ1n) is 5.62. The molecule has 0 bridgehead atoms. The molecule has 0 aromatic heterocycles. The normalized spacial score (nSPS) is 19.3. The molecule has 4 heteroatoms. The second-order valence-corrected chi connectivity index (χ2v) is 5.03. The van der Waals surface area contributed by atoms with Crippen molar-refractivity contribution in [3.8, 4) is 0 Å². The summed E-state index contributed by atoms with van der Waals surface area (Å²) in [7, 11) is 1.72. The van der Waals surface area contributed by atoms with Crippen molar-refractivity contribution >= 4 is 17.3 Å². The lowest BCUT2D eigenvalue weighted by molar-refractivity contribution is 0.195. The maximum atomic E-state index is 5.39. The van der Waals surface area contributed by atoms with E-state index in [2.05, 4.69) is 24.1 Å². The Balaban J connectivity index is 2.28. The van der Waals surface area contributed by atoms with Crippen LogP contribution in [0.25, 0.3) is 0 Å². The molecule has 0 atom stereocenters. The van der Waals surface area contributed by atoms with Crippen molar-refractivity contribution in [3.63, 3.8) is 0 Å². The van der Waals surface area contributed by atoms with Gasteiger partial charge >= 0.3 is 0 Å². The molecular formula is C11H22N2OS. The lowest BCUT2D eigenvalue weighted by Crippen LogP contribution is -2.48.